The lowest BCUT2D eigenvalue weighted by molar-refractivity contribution is -0.385. The zero-order chi connectivity index (χ0) is 14.9. The van der Waals surface area contributed by atoms with E-state index in [1.807, 2.05) is 13.8 Å². The number of hydrogen-bond acceptors (Lipinski definition) is 5. The molecule has 2 aromatic rings. The summed E-state index contributed by atoms with van der Waals surface area (Å²) in [6.45, 7) is 5.34. The summed E-state index contributed by atoms with van der Waals surface area (Å²) in [7, 11) is 0. The first-order chi connectivity index (χ1) is 9.40. The number of aryl methyl sites for hydroxylation is 2. The van der Waals surface area contributed by atoms with Gasteiger partial charge in [0.05, 0.1) is 10.6 Å². The van der Waals surface area contributed by atoms with E-state index in [0.717, 1.165) is 10.6 Å². The van der Waals surface area contributed by atoms with Gasteiger partial charge in [0.2, 0.25) is 0 Å². The first kappa shape index (κ1) is 14.1. The number of aromatic nitrogens is 1. The molecule has 7 heteroatoms. The Morgan fingerprint density at radius 2 is 2.05 bits per heavy atom. The number of benzene rings is 1. The summed E-state index contributed by atoms with van der Waals surface area (Å²) >= 11 is 1.38. The van der Waals surface area contributed by atoms with Gasteiger partial charge in [-0.15, -0.1) is 11.3 Å². The minimum atomic E-state index is -0.496. The van der Waals surface area contributed by atoms with Crippen molar-refractivity contribution in [2.45, 2.75) is 20.8 Å². The number of rotatable bonds is 3. The van der Waals surface area contributed by atoms with Gasteiger partial charge >= 0.3 is 0 Å². The minimum absolute atomic E-state index is 0.0656. The van der Waals surface area contributed by atoms with Crippen LogP contribution in [0.2, 0.25) is 0 Å². The van der Waals surface area contributed by atoms with E-state index in [-0.39, 0.29) is 17.2 Å². The van der Waals surface area contributed by atoms with Crippen molar-refractivity contribution in [3.63, 3.8) is 0 Å². The number of carbonyl (C=O) groups is 1. The number of anilines is 1. The molecule has 104 valence electrons. The standard InChI is InChI=1S/C13H13N3O3S/c1-7-10(5-4-6-11(7)16(18)19)12(17)15-13-14-8(2)9(3)20-13/h4-6H,1-3H3,(H,14,15,17). The van der Waals surface area contributed by atoms with Crippen LogP contribution in [0.15, 0.2) is 18.2 Å². The largest absolute Gasteiger partial charge is 0.298 e. The summed E-state index contributed by atoms with van der Waals surface area (Å²) in [5.41, 5.74) is 1.43. The second-order valence-electron chi connectivity index (χ2n) is 4.32. The van der Waals surface area contributed by atoms with Crippen molar-refractivity contribution in [3.05, 3.63) is 50.0 Å². The second kappa shape index (κ2) is 5.38. The molecule has 0 atom stereocenters. The van der Waals surface area contributed by atoms with Gasteiger partial charge in [0.1, 0.15) is 0 Å². The van der Waals surface area contributed by atoms with Crippen LogP contribution >= 0.6 is 11.3 Å². The molecule has 0 saturated carbocycles. The highest BCUT2D eigenvalue weighted by Gasteiger charge is 2.18. The number of nitrogens with zero attached hydrogens (tertiary/aromatic N) is 2. The lowest BCUT2D eigenvalue weighted by atomic mass is 10.1. The second-order valence-corrected chi connectivity index (χ2v) is 5.52. The van der Waals surface area contributed by atoms with E-state index >= 15 is 0 Å². The van der Waals surface area contributed by atoms with E-state index in [1.54, 1.807) is 13.0 Å². The van der Waals surface area contributed by atoms with E-state index in [4.69, 9.17) is 0 Å². The molecular weight excluding hydrogens is 278 g/mol. The van der Waals surface area contributed by atoms with Crippen molar-refractivity contribution >= 4 is 28.1 Å². The maximum Gasteiger partial charge on any atom is 0.273 e. The smallest absolute Gasteiger partial charge is 0.273 e. The van der Waals surface area contributed by atoms with Crippen LogP contribution in [0.1, 0.15) is 26.5 Å². The molecule has 1 aromatic heterocycles. The molecule has 0 aliphatic carbocycles. The van der Waals surface area contributed by atoms with Crippen LogP contribution in [0.25, 0.3) is 0 Å². The third-order valence-corrected chi connectivity index (χ3v) is 3.98. The zero-order valence-electron chi connectivity index (χ0n) is 11.3. The Labute approximate surface area is 119 Å². The number of amides is 1. The van der Waals surface area contributed by atoms with Crippen molar-refractivity contribution in [3.8, 4) is 0 Å². The van der Waals surface area contributed by atoms with Gasteiger partial charge < -0.3 is 0 Å². The number of nitrogens with one attached hydrogen (secondary N) is 1. The van der Waals surface area contributed by atoms with Crippen molar-refractivity contribution in [1.29, 1.82) is 0 Å². The zero-order valence-corrected chi connectivity index (χ0v) is 12.1. The maximum absolute atomic E-state index is 12.2. The van der Waals surface area contributed by atoms with Crippen molar-refractivity contribution in [2.24, 2.45) is 0 Å². The molecule has 1 aromatic carbocycles. The molecule has 1 amide bonds. The topological polar surface area (TPSA) is 85.1 Å². The van der Waals surface area contributed by atoms with E-state index in [9.17, 15) is 14.9 Å². The molecule has 6 nitrogen and oxygen atoms in total. The van der Waals surface area contributed by atoms with Crippen LogP contribution in [0.4, 0.5) is 10.8 Å². The van der Waals surface area contributed by atoms with Crippen molar-refractivity contribution in [2.75, 3.05) is 5.32 Å². The Morgan fingerprint density at radius 3 is 2.60 bits per heavy atom. The molecule has 0 spiro atoms. The fourth-order valence-electron chi connectivity index (χ4n) is 1.76. The van der Waals surface area contributed by atoms with Crippen molar-refractivity contribution in [1.82, 2.24) is 4.98 Å². The quantitative estimate of drug-likeness (QED) is 0.695. The summed E-state index contributed by atoms with van der Waals surface area (Å²) in [6, 6.07) is 4.44. The highest BCUT2D eigenvalue weighted by molar-refractivity contribution is 7.15. The van der Waals surface area contributed by atoms with Gasteiger partial charge in [0.25, 0.3) is 11.6 Å². The molecule has 0 aliphatic heterocycles. The van der Waals surface area contributed by atoms with E-state index in [0.29, 0.717) is 10.7 Å². The van der Waals surface area contributed by atoms with Gasteiger partial charge in [-0.2, -0.15) is 0 Å². The average molecular weight is 291 g/mol. The van der Waals surface area contributed by atoms with Gasteiger partial charge in [-0.05, 0) is 26.8 Å². The Morgan fingerprint density at radius 1 is 1.35 bits per heavy atom. The molecular formula is C13H13N3O3S. The monoisotopic (exact) mass is 291 g/mol. The Bertz CT molecular complexity index is 675. The highest BCUT2D eigenvalue weighted by Crippen LogP contribution is 2.24. The van der Waals surface area contributed by atoms with Crippen LogP contribution in [0.5, 0.6) is 0 Å². The van der Waals surface area contributed by atoms with Crippen molar-refractivity contribution < 1.29 is 9.72 Å². The van der Waals surface area contributed by atoms with Gasteiger partial charge in [0, 0.05) is 22.1 Å². The van der Waals surface area contributed by atoms with Crippen LogP contribution in [-0.4, -0.2) is 15.8 Å². The van der Waals surface area contributed by atoms with E-state index in [2.05, 4.69) is 10.3 Å². The fraction of sp³-hybridized carbons (Fsp3) is 0.231. The highest BCUT2D eigenvalue weighted by atomic mass is 32.1. The molecule has 2 rings (SSSR count). The molecule has 0 aliphatic rings. The average Bonchev–Trinajstić information content (AvgIpc) is 2.67. The predicted molar refractivity (Wildman–Crippen MR) is 77.4 cm³/mol. The number of nitro benzene ring substituents is 1. The van der Waals surface area contributed by atoms with E-state index < -0.39 is 4.92 Å². The molecule has 0 bridgehead atoms. The molecule has 0 fully saturated rings. The van der Waals surface area contributed by atoms with Gasteiger partial charge in [0.15, 0.2) is 5.13 Å². The SMILES string of the molecule is Cc1nc(NC(=O)c2cccc([N+](=O)[O-])c2C)sc1C. The predicted octanol–water partition coefficient (Wildman–Crippen LogP) is 3.23. The Balaban J connectivity index is 2.30. The van der Waals surface area contributed by atoms with Crippen LogP contribution in [-0.2, 0) is 0 Å². The number of nitro groups is 1. The molecule has 0 radical (unpaired) electrons. The third kappa shape index (κ3) is 2.67. The number of thiazole rings is 1. The van der Waals surface area contributed by atoms with Crippen LogP contribution < -0.4 is 5.32 Å². The summed E-state index contributed by atoms with van der Waals surface area (Å²) in [5.74, 6) is -0.389. The fourth-order valence-corrected chi connectivity index (χ4v) is 2.57. The lowest BCUT2D eigenvalue weighted by Crippen LogP contribution is -2.14. The summed E-state index contributed by atoms with van der Waals surface area (Å²) in [5, 5.41) is 14.0. The van der Waals surface area contributed by atoms with Gasteiger partial charge in [-0.25, -0.2) is 4.98 Å². The Kier molecular flexibility index (Phi) is 3.80. The molecule has 20 heavy (non-hydrogen) atoms. The molecule has 1 heterocycles. The summed E-state index contributed by atoms with van der Waals surface area (Å²) < 4.78 is 0. The van der Waals surface area contributed by atoms with Gasteiger partial charge in [-0.3, -0.25) is 20.2 Å². The third-order valence-electron chi connectivity index (χ3n) is 3.00. The normalized spacial score (nSPS) is 10.3. The lowest BCUT2D eigenvalue weighted by Gasteiger charge is -2.05. The number of hydrogen-bond donors (Lipinski definition) is 1. The maximum atomic E-state index is 12.2. The van der Waals surface area contributed by atoms with Gasteiger partial charge in [-0.1, -0.05) is 6.07 Å². The van der Waals surface area contributed by atoms with Crippen LogP contribution in [0, 0.1) is 30.9 Å². The first-order valence-electron chi connectivity index (χ1n) is 5.89. The summed E-state index contributed by atoms with van der Waals surface area (Å²) in [6.07, 6.45) is 0. The van der Waals surface area contributed by atoms with Crippen LogP contribution in [0.3, 0.4) is 0 Å². The first-order valence-corrected chi connectivity index (χ1v) is 6.71. The molecule has 0 saturated heterocycles. The minimum Gasteiger partial charge on any atom is -0.298 e. The van der Waals surface area contributed by atoms with E-state index in [1.165, 1.54) is 23.5 Å². The molecule has 1 N–H and O–H groups in total. The Hall–Kier alpha value is -2.28. The molecule has 0 unspecified atom stereocenters. The number of carbonyl (C=O) groups excluding carboxylic acids is 1. The summed E-state index contributed by atoms with van der Waals surface area (Å²) in [4.78, 5) is 27.8.